The number of benzene rings is 2. The van der Waals surface area contributed by atoms with E-state index in [1.165, 1.54) is 6.20 Å². The van der Waals surface area contributed by atoms with Crippen LogP contribution in [0.2, 0.25) is 0 Å². The zero-order valence-corrected chi connectivity index (χ0v) is 14.2. The van der Waals surface area contributed by atoms with Gasteiger partial charge in [-0.1, -0.05) is 0 Å². The zero-order chi connectivity index (χ0) is 18.0. The first-order valence-electron chi connectivity index (χ1n) is 7.70. The maximum Gasteiger partial charge on any atom is 0.149 e. The van der Waals surface area contributed by atoms with Crippen LogP contribution in [-0.2, 0) is 6.54 Å². The SMILES string of the molecule is COc1ccc(CN(C)c2ccnc3c(F)ccc(F)c23)c(OC)c1. The van der Waals surface area contributed by atoms with Gasteiger partial charge in [-0.15, -0.1) is 0 Å². The minimum atomic E-state index is -0.548. The fourth-order valence-electron chi connectivity index (χ4n) is 2.82. The Hall–Kier alpha value is -2.89. The van der Waals surface area contributed by atoms with Crippen molar-refractivity contribution < 1.29 is 18.3 Å². The first kappa shape index (κ1) is 17.0. The van der Waals surface area contributed by atoms with Crippen molar-refractivity contribution in [3.05, 3.63) is 59.8 Å². The average molecular weight is 344 g/mol. The Morgan fingerprint density at radius 3 is 2.48 bits per heavy atom. The van der Waals surface area contributed by atoms with Gasteiger partial charge in [-0.3, -0.25) is 4.98 Å². The molecule has 0 bridgehead atoms. The summed E-state index contributed by atoms with van der Waals surface area (Å²) in [6.07, 6.45) is 1.47. The second-order valence-electron chi connectivity index (χ2n) is 5.62. The number of methoxy groups -OCH3 is 2. The van der Waals surface area contributed by atoms with Gasteiger partial charge in [0.2, 0.25) is 0 Å². The molecule has 0 radical (unpaired) electrons. The van der Waals surface area contributed by atoms with Crippen molar-refractivity contribution in [2.75, 3.05) is 26.2 Å². The molecule has 1 heterocycles. The number of hydrogen-bond acceptors (Lipinski definition) is 4. The summed E-state index contributed by atoms with van der Waals surface area (Å²) in [5, 5.41) is 0.164. The van der Waals surface area contributed by atoms with Crippen LogP contribution in [-0.4, -0.2) is 26.3 Å². The number of halogens is 2. The molecular weight excluding hydrogens is 326 g/mol. The van der Waals surface area contributed by atoms with Gasteiger partial charge in [0, 0.05) is 31.4 Å². The third-order valence-corrected chi connectivity index (χ3v) is 4.08. The van der Waals surface area contributed by atoms with E-state index in [1.54, 1.807) is 26.4 Å². The molecule has 0 aliphatic carbocycles. The lowest BCUT2D eigenvalue weighted by Gasteiger charge is -2.22. The van der Waals surface area contributed by atoms with E-state index in [-0.39, 0.29) is 10.9 Å². The van der Waals surface area contributed by atoms with E-state index in [4.69, 9.17) is 9.47 Å². The first-order chi connectivity index (χ1) is 12.0. The van der Waals surface area contributed by atoms with Crippen LogP contribution in [0.5, 0.6) is 11.5 Å². The van der Waals surface area contributed by atoms with Crippen LogP contribution >= 0.6 is 0 Å². The van der Waals surface area contributed by atoms with Crippen LogP contribution in [0.3, 0.4) is 0 Å². The molecule has 4 nitrogen and oxygen atoms in total. The molecule has 0 unspecified atom stereocenters. The number of rotatable bonds is 5. The number of aromatic nitrogens is 1. The van der Waals surface area contributed by atoms with Crippen molar-refractivity contribution in [3.63, 3.8) is 0 Å². The Balaban J connectivity index is 2.01. The maximum absolute atomic E-state index is 14.3. The number of ether oxygens (including phenoxy) is 2. The minimum absolute atomic E-state index is 0.0195. The maximum atomic E-state index is 14.3. The summed E-state index contributed by atoms with van der Waals surface area (Å²) in [6, 6.07) is 9.37. The number of hydrogen-bond donors (Lipinski definition) is 0. The number of anilines is 1. The summed E-state index contributed by atoms with van der Waals surface area (Å²) in [4.78, 5) is 5.80. The van der Waals surface area contributed by atoms with E-state index in [2.05, 4.69) is 4.98 Å². The zero-order valence-electron chi connectivity index (χ0n) is 14.2. The number of nitrogens with zero attached hydrogens (tertiary/aromatic N) is 2. The van der Waals surface area contributed by atoms with Gasteiger partial charge in [-0.05, 0) is 30.3 Å². The van der Waals surface area contributed by atoms with Gasteiger partial charge in [0.05, 0.1) is 25.3 Å². The molecule has 6 heteroatoms. The highest BCUT2D eigenvalue weighted by atomic mass is 19.1. The Labute approximate surface area is 144 Å². The number of pyridine rings is 1. The summed E-state index contributed by atoms with van der Waals surface area (Å²) >= 11 is 0. The monoisotopic (exact) mass is 344 g/mol. The van der Waals surface area contributed by atoms with Crippen LogP contribution in [0.25, 0.3) is 10.9 Å². The van der Waals surface area contributed by atoms with Gasteiger partial charge in [0.15, 0.2) is 0 Å². The predicted molar refractivity (Wildman–Crippen MR) is 93.3 cm³/mol. The molecule has 0 saturated carbocycles. The van der Waals surface area contributed by atoms with Crippen LogP contribution in [0.15, 0.2) is 42.6 Å². The molecule has 130 valence electrons. The van der Waals surface area contributed by atoms with Crippen molar-refractivity contribution in [2.45, 2.75) is 6.54 Å². The van der Waals surface area contributed by atoms with E-state index in [1.807, 2.05) is 24.1 Å². The average Bonchev–Trinajstić information content (AvgIpc) is 2.64. The largest absolute Gasteiger partial charge is 0.497 e. The lowest BCUT2D eigenvalue weighted by Crippen LogP contribution is -2.18. The summed E-state index contributed by atoms with van der Waals surface area (Å²) in [5.74, 6) is 0.295. The van der Waals surface area contributed by atoms with Gasteiger partial charge in [-0.2, -0.15) is 0 Å². The molecule has 0 amide bonds. The van der Waals surface area contributed by atoms with Gasteiger partial charge >= 0.3 is 0 Å². The lowest BCUT2D eigenvalue weighted by molar-refractivity contribution is 0.391. The van der Waals surface area contributed by atoms with E-state index in [0.717, 1.165) is 17.7 Å². The minimum Gasteiger partial charge on any atom is -0.497 e. The van der Waals surface area contributed by atoms with E-state index < -0.39 is 11.6 Å². The third-order valence-electron chi connectivity index (χ3n) is 4.08. The predicted octanol–water partition coefficient (Wildman–Crippen LogP) is 4.17. The smallest absolute Gasteiger partial charge is 0.149 e. The van der Waals surface area contributed by atoms with Gasteiger partial charge in [0.25, 0.3) is 0 Å². The molecule has 3 rings (SSSR count). The number of fused-ring (bicyclic) bond motifs is 1. The first-order valence-corrected chi connectivity index (χ1v) is 7.70. The topological polar surface area (TPSA) is 34.6 Å². The summed E-state index contributed by atoms with van der Waals surface area (Å²) in [7, 11) is 4.97. The molecule has 0 atom stereocenters. The van der Waals surface area contributed by atoms with E-state index in [9.17, 15) is 8.78 Å². The molecule has 0 N–H and O–H groups in total. The standard InChI is InChI=1S/C19H18F2N2O2/c1-23(11-12-4-5-13(24-2)10-17(12)25-3)16-8-9-22-19-15(21)7-6-14(20)18(16)19/h4-10H,11H2,1-3H3. The quantitative estimate of drug-likeness (QED) is 0.696. The fourth-order valence-corrected chi connectivity index (χ4v) is 2.82. The summed E-state index contributed by atoms with van der Waals surface area (Å²) in [5.41, 5.74) is 1.47. The Morgan fingerprint density at radius 1 is 1.00 bits per heavy atom. The lowest BCUT2D eigenvalue weighted by atomic mass is 10.1. The van der Waals surface area contributed by atoms with Crippen LogP contribution in [0.4, 0.5) is 14.5 Å². The molecule has 0 saturated heterocycles. The molecule has 0 aliphatic rings. The molecular formula is C19H18F2N2O2. The molecule has 0 spiro atoms. The molecule has 2 aromatic carbocycles. The van der Waals surface area contributed by atoms with Crippen molar-refractivity contribution in [2.24, 2.45) is 0 Å². The summed E-state index contributed by atoms with van der Waals surface area (Å²) < 4.78 is 38.8. The van der Waals surface area contributed by atoms with Gasteiger partial charge in [0.1, 0.15) is 28.7 Å². The van der Waals surface area contributed by atoms with Gasteiger partial charge < -0.3 is 14.4 Å². The van der Waals surface area contributed by atoms with Crippen molar-refractivity contribution >= 4 is 16.6 Å². The Bertz CT molecular complexity index is 915. The molecule has 1 aromatic heterocycles. The molecule has 0 aliphatic heterocycles. The molecule has 25 heavy (non-hydrogen) atoms. The van der Waals surface area contributed by atoms with Crippen LogP contribution in [0, 0.1) is 11.6 Å². The van der Waals surface area contributed by atoms with Gasteiger partial charge in [-0.25, -0.2) is 8.78 Å². The second-order valence-corrected chi connectivity index (χ2v) is 5.62. The third kappa shape index (κ3) is 3.20. The van der Waals surface area contributed by atoms with E-state index >= 15 is 0 Å². The summed E-state index contributed by atoms with van der Waals surface area (Å²) in [6.45, 7) is 0.447. The highest BCUT2D eigenvalue weighted by molar-refractivity contribution is 5.92. The van der Waals surface area contributed by atoms with Crippen molar-refractivity contribution in [3.8, 4) is 11.5 Å². The Kier molecular flexibility index (Phi) is 4.70. The van der Waals surface area contributed by atoms with Crippen molar-refractivity contribution in [1.29, 1.82) is 0 Å². The fraction of sp³-hybridized carbons (Fsp3) is 0.211. The normalized spacial score (nSPS) is 10.8. The molecule has 0 fully saturated rings. The Morgan fingerprint density at radius 2 is 1.76 bits per heavy atom. The van der Waals surface area contributed by atoms with Crippen molar-refractivity contribution in [1.82, 2.24) is 4.98 Å². The highest BCUT2D eigenvalue weighted by Gasteiger charge is 2.16. The van der Waals surface area contributed by atoms with E-state index in [0.29, 0.717) is 23.7 Å². The highest BCUT2D eigenvalue weighted by Crippen LogP contribution is 2.31. The molecule has 3 aromatic rings. The van der Waals surface area contributed by atoms with Crippen LogP contribution < -0.4 is 14.4 Å². The van der Waals surface area contributed by atoms with Crippen LogP contribution in [0.1, 0.15) is 5.56 Å². The second kappa shape index (κ2) is 6.93.